The van der Waals surface area contributed by atoms with E-state index in [4.69, 9.17) is 0 Å². The van der Waals surface area contributed by atoms with E-state index in [0.29, 0.717) is 0 Å². The molecule has 0 N–H and O–H groups in total. The van der Waals surface area contributed by atoms with Gasteiger partial charge in [0.15, 0.2) is 0 Å². The summed E-state index contributed by atoms with van der Waals surface area (Å²) in [6, 6.07) is 0. The molecule has 0 fully saturated rings. The van der Waals surface area contributed by atoms with Crippen LogP contribution in [0.3, 0.4) is 0 Å². The van der Waals surface area contributed by atoms with Crippen molar-refractivity contribution >= 4 is 8.80 Å². The Hall–Kier alpha value is -0.303. The number of hydrogen-bond acceptors (Lipinski definition) is 0. The molecule has 0 bridgehead atoms. The van der Waals surface area contributed by atoms with Crippen molar-refractivity contribution in [3.63, 3.8) is 0 Å². The van der Waals surface area contributed by atoms with E-state index in [1.807, 2.05) is 0 Å². The molecule has 1 atom stereocenters. The normalized spacial score (nSPS) is 24.8. The molecule has 0 amide bonds. The minimum absolute atomic E-state index is 0.594. The van der Waals surface area contributed by atoms with Gasteiger partial charge in [0.25, 0.3) is 0 Å². The van der Waals surface area contributed by atoms with Crippen molar-refractivity contribution in [2.75, 3.05) is 0 Å². The van der Waals surface area contributed by atoms with Crippen molar-refractivity contribution in [3.8, 4) is 0 Å². The fourth-order valence-electron chi connectivity index (χ4n) is 2.28. The molecule has 12 heavy (non-hydrogen) atoms. The molecule has 0 saturated carbocycles. The summed E-state index contributed by atoms with van der Waals surface area (Å²) >= 11 is 0. The SMILES string of the molecule is CC1=C(C)C(C)C(C)=C1[SiH](C)C. The highest BCUT2D eigenvalue weighted by atomic mass is 28.3. The molecule has 1 rings (SSSR count). The van der Waals surface area contributed by atoms with Crippen molar-refractivity contribution < 1.29 is 0 Å². The van der Waals surface area contributed by atoms with Crippen LogP contribution < -0.4 is 0 Å². The Morgan fingerprint density at radius 3 is 1.67 bits per heavy atom. The second kappa shape index (κ2) is 3.21. The van der Waals surface area contributed by atoms with Gasteiger partial charge in [0.2, 0.25) is 0 Å². The molecule has 68 valence electrons. The van der Waals surface area contributed by atoms with Crippen molar-refractivity contribution in [3.05, 3.63) is 21.9 Å². The van der Waals surface area contributed by atoms with E-state index in [-0.39, 0.29) is 0 Å². The van der Waals surface area contributed by atoms with Crippen LogP contribution >= 0.6 is 0 Å². The minimum Gasteiger partial charge on any atom is -0.0682 e. The molecular weight excluding hydrogens is 160 g/mol. The van der Waals surface area contributed by atoms with E-state index in [2.05, 4.69) is 40.8 Å². The molecule has 0 heterocycles. The maximum Gasteiger partial charge on any atom is 0.0650 e. The summed E-state index contributed by atoms with van der Waals surface area (Å²) in [5.41, 5.74) is 4.84. The summed E-state index contributed by atoms with van der Waals surface area (Å²) in [6.45, 7) is 14.1. The van der Waals surface area contributed by atoms with Gasteiger partial charge in [-0.25, -0.2) is 0 Å². The van der Waals surface area contributed by atoms with Gasteiger partial charge in [-0.05, 0) is 26.7 Å². The Kier molecular flexibility index (Phi) is 2.62. The van der Waals surface area contributed by atoms with Crippen LogP contribution in [0.4, 0.5) is 0 Å². The quantitative estimate of drug-likeness (QED) is 0.543. The molecule has 0 aromatic carbocycles. The van der Waals surface area contributed by atoms with Crippen LogP contribution in [-0.2, 0) is 0 Å². The topological polar surface area (TPSA) is 0 Å². The second-order valence-electron chi connectivity index (χ2n) is 4.28. The number of allylic oxidation sites excluding steroid dienone is 4. The summed E-state index contributed by atoms with van der Waals surface area (Å²) in [7, 11) is -0.594. The summed E-state index contributed by atoms with van der Waals surface area (Å²) in [5.74, 6) is 0.717. The molecule has 0 aromatic heterocycles. The predicted octanol–water partition coefficient (Wildman–Crippen LogP) is 3.31. The lowest BCUT2D eigenvalue weighted by molar-refractivity contribution is 0.816. The Morgan fingerprint density at radius 2 is 1.50 bits per heavy atom. The lowest BCUT2D eigenvalue weighted by atomic mass is 10.0. The predicted molar refractivity (Wildman–Crippen MR) is 59.1 cm³/mol. The molecule has 0 aliphatic heterocycles. The molecule has 0 nitrogen and oxygen atoms in total. The highest BCUT2D eigenvalue weighted by Gasteiger charge is 2.24. The third-order valence-electron chi connectivity index (χ3n) is 3.30. The third-order valence-corrected chi connectivity index (χ3v) is 5.34. The molecule has 1 unspecified atom stereocenters. The van der Waals surface area contributed by atoms with Crippen LogP contribution in [0, 0.1) is 5.92 Å². The average molecular weight is 180 g/mol. The molecule has 1 heteroatoms. The van der Waals surface area contributed by atoms with Crippen LogP contribution in [0.2, 0.25) is 13.1 Å². The van der Waals surface area contributed by atoms with Gasteiger partial charge in [-0.3, -0.25) is 0 Å². The van der Waals surface area contributed by atoms with E-state index >= 15 is 0 Å². The van der Waals surface area contributed by atoms with Gasteiger partial charge < -0.3 is 0 Å². The van der Waals surface area contributed by atoms with Crippen LogP contribution in [0.1, 0.15) is 27.7 Å². The van der Waals surface area contributed by atoms with Gasteiger partial charge in [-0.1, -0.05) is 41.9 Å². The monoisotopic (exact) mass is 180 g/mol. The first kappa shape index (κ1) is 9.78. The summed E-state index contributed by atoms with van der Waals surface area (Å²) < 4.78 is 0. The van der Waals surface area contributed by atoms with Crippen molar-refractivity contribution in [2.45, 2.75) is 40.8 Å². The summed E-state index contributed by atoms with van der Waals surface area (Å²) in [6.07, 6.45) is 0. The zero-order valence-electron chi connectivity index (χ0n) is 9.15. The zero-order valence-corrected chi connectivity index (χ0v) is 10.3. The molecule has 0 saturated heterocycles. The summed E-state index contributed by atoms with van der Waals surface area (Å²) in [5, 5.41) is 1.74. The first-order valence-corrected chi connectivity index (χ1v) is 7.73. The highest BCUT2D eigenvalue weighted by molar-refractivity contribution is 6.65. The van der Waals surface area contributed by atoms with E-state index in [1.54, 1.807) is 21.9 Å². The molecule has 1 aliphatic carbocycles. The Bertz CT molecular complexity index is 256. The Balaban J connectivity index is 3.13. The number of rotatable bonds is 1. The maximum atomic E-state index is 2.42. The Morgan fingerprint density at radius 1 is 1.00 bits per heavy atom. The van der Waals surface area contributed by atoms with Gasteiger partial charge in [0.1, 0.15) is 0 Å². The van der Waals surface area contributed by atoms with Gasteiger partial charge in [-0.2, -0.15) is 0 Å². The van der Waals surface area contributed by atoms with Crippen LogP contribution in [0.5, 0.6) is 0 Å². The standard InChI is InChI=1S/C11H20Si/c1-7-8(2)10(4)11(9(7)3)12(5)6/h7,12H,1-6H3. The lowest BCUT2D eigenvalue weighted by Gasteiger charge is -2.10. The molecular formula is C11H20Si. The van der Waals surface area contributed by atoms with E-state index in [9.17, 15) is 0 Å². The molecule has 0 spiro atoms. The third kappa shape index (κ3) is 1.31. The fraction of sp³-hybridized carbons (Fsp3) is 0.636. The fourth-order valence-corrected chi connectivity index (χ4v) is 4.53. The minimum atomic E-state index is -0.594. The maximum absolute atomic E-state index is 2.42. The average Bonchev–Trinajstić information content (AvgIpc) is 2.16. The molecule has 1 aliphatic rings. The lowest BCUT2D eigenvalue weighted by Crippen LogP contribution is -2.07. The van der Waals surface area contributed by atoms with E-state index in [0.717, 1.165) is 5.92 Å². The van der Waals surface area contributed by atoms with E-state index in [1.165, 1.54) is 0 Å². The first-order chi connectivity index (χ1) is 5.46. The van der Waals surface area contributed by atoms with Crippen molar-refractivity contribution in [1.82, 2.24) is 0 Å². The van der Waals surface area contributed by atoms with Crippen LogP contribution in [-0.4, -0.2) is 8.80 Å². The second-order valence-corrected chi connectivity index (χ2v) is 7.17. The van der Waals surface area contributed by atoms with Gasteiger partial charge in [-0.15, -0.1) is 0 Å². The zero-order chi connectivity index (χ0) is 9.46. The molecule has 0 radical (unpaired) electrons. The van der Waals surface area contributed by atoms with Crippen LogP contribution in [0.15, 0.2) is 21.9 Å². The largest absolute Gasteiger partial charge is 0.0682 e. The first-order valence-electron chi connectivity index (χ1n) is 4.85. The van der Waals surface area contributed by atoms with Gasteiger partial charge in [0, 0.05) is 0 Å². The van der Waals surface area contributed by atoms with Gasteiger partial charge >= 0.3 is 0 Å². The van der Waals surface area contributed by atoms with Gasteiger partial charge in [0.05, 0.1) is 8.80 Å². The smallest absolute Gasteiger partial charge is 0.0650 e. The van der Waals surface area contributed by atoms with Crippen molar-refractivity contribution in [1.29, 1.82) is 0 Å². The summed E-state index contributed by atoms with van der Waals surface area (Å²) in [4.78, 5) is 0. The Labute approximate surface area is 78.0 Å². The van der Waals surface area contributed by atoms with Crippen molar-refractivity contribution in [2.24, 2.45) is 5.92 Å². The molecule has 0 aromatic rings. The van der Waals surface area contributed by atoms with E-state index < -0.39 is 8.80 Å². The highest BCUT2D eigenvalue weighted by Crippen LogP contribution is 2.37. The number of hydrogen-bond donors (Lipinski definition) is 0. The van der Waals surface area contributed by atoms with Crippen LogP contribution in [0.25, 0.3) is 0 Å².